The summed E-state index contributed by atoms with van der Waals surface area (Å²) in [6, 6.07) is 0. The van der Waals surface area contributed by atoms with Crippen molar-refractivity contribution < 1.29 is 4.79 Å². The molecule has 2 aliphatic rings. The molecule has 2 saturated heterocycles. The topological polar surface area (TPSA) is 32.3 Å². The van der Waals surface area contributed by atoms with E-state index in [1.807, 2.05) is 0 Å². The monoisotopic (exact) mass is 252 g/mol. The number of carbonyl (C=O) groups excluding carboxylic acids is 1. The number of hydrogen-bond acceptors (Lipinski definition) is 2. The smallest absolute Gasteiger partial charge is 0.228 e. The molecule has 0 aromatic carbocycles. The summed E-state index contributed by atoms with van der Waals surface area (Å²) in [5, 5.41) is 3.38. The van der Waals surface area contributed by atoms with Crippen LogP contribution in [0.25, 0.3) is 0 Å². The van der Waals surface area contributed by atoms with Crippen LogP contribution in [0.4, 0.5) is 0 Å². The molecule has 0 saturated carbocycles. The fourth-order valence-corrected chi connectivity index (χ4v) is 3.56. The highest BCUT2D eigenvalue weighted by atomic mass is 16.2. The van der Waals surface area contributed by atoms with Gasteiger partial charge in [-0.3, -0.25) is 4.79 Å². The minimum atomic E-state index is -0.0949. The van der Waals surface area contributed by atoms with Crippen LogP contribution in [0.5, 0.6) is 0 Å². The van der Waals surface area contributed by atoms with Gasteiger partial charge < -0.3 is 10.2 Å². The molecule has 2 aliphatic heterocycles. The van der Waals surface area contributed by atoms with Crippen LogP contribution in [0.3, 0.4) is 0 Å². The van der Waals surface area contributed by atoms with E-state index >= 15 is 0 Å². The third kappa shape index (κ3) is 2.18. The van der Waals surface area contributed by atoms with Crippen molar-refractivity contribution in [2.24, 2.45) is 10.8 Å². The second kappa shape index (κ2) is 5.20. The van der Waals surface area contributed by atoms with E-state index in [9.17, 15) is 4.79 Å². The molecule has 104 valence electrons. The van der Waals surface area contributed by atoms with E-state index in [1.54, 1.807) is 0 Å². The summed E-state index contributed by atoms with van der Waals surface area (Å²) in [7, 11) is 0. The van der Waals surface area contributed by atoms with Gasteiger partial charge in [-0.05, 0) is 37.5 Å². The summed E-state index contributed by atoms with van der Waals surface area (Å²) in [4.78, 5) is 14.9. The molecule has 2 rings (SSSR count). The van der Waals surface area contributed by atoms with E-state index < -0.39 is 0 Å². The highest BCUT2D eigenvalue weighted by Crippen LogP contribution is 2.38. The van der Waals surface area contributed by atoms with Crippen molar-refractivity contribution in [3.63, 3.8) is 0 Å². The highest BCUT2D eigenvalue weighted by Gasteiger charge is 2.43. The van der Waals surface area contributed by atoms with Gasteiger partial charge in [0.2, 0.25) is 5.91 Å². The molecule has 2 heterocycles. The first-order chi connectivity index (χ1) is 8.61. The molecule has 0 aromatic heterocycles. The summed E-state index contributed by atoms with van der Waals surface area (Å²) >= 11 is 0. The van der Waals surface area contributed by atoms with Crippen LogP contribution in [-0.2, 0) is 4.79 Å². The predicted molar refractivity (Wildman–Crippen MR) is 74.4 cm³/mol. The van der Waals surface area contributed by atoms with Gasteiger partial charge in [-0.2, -0.15) is 0 Å². The van der Waals surface area contributed by atoms with Gasteiger partial charge in [-0.25, -0.2) is 0 Å². The summed E-state index contributed by atoms with van der Waals surface area (Å²) in [6.45, 7) is 10.8. The molecule has 0 aliphatic carbocycles. The Morgan fingerprint density at radius 1 is 1.11 bits per heavy atom. The summed E-state index contributed by atoms with van der Waals surface area (Å²) in [6.07, 6.45) is 5.31. The number of piperidine rings is 1. The van der Waals surface area contributed by atoms with E-state index in [2.05, 4.69) is 31.0 Å². The third-order valence-corrected chi connectivity index (χ3v) is 5.60. The fourth-order valence-electron chi connectivity index (χ4n) is 3.56. The first kappa shape index (κ1) is 13.9. The Kier molecular flexibility index (Phi) is 4.00. The first-order valence-corrected chi connectivity index (χ1v) is 7.61. The maximum absolute atomic E-state index is 12.7. The Bertz CT molecular complexity index is 287. The molecule has 0 atom stereocenters. The molecule has 0 unspecified atom stereocenters. The number of nitrogens with zero attached hydrogens (tertiary/aromatic N) is 1. The summed E-state index contributed by atoms with van der Waals surface area (Å²) < 4.78 is 0. The molecule has 1 amide bonds. The SMILES string of the molecule is CCC(CC)(CC)C(=O)N1CCC2(CC1)CNC2. The molecule has 0 aromatic rings. The zero-order valence-electron chi connectivity index (χ0n) is 12.2. The number of nitrogens with one attached hydrogen (secondary N) is 1. The Labute approximate surface area is 111 Å². The van der Waals surface area contributed by atoms with Crippen LogP contribution in [-0.4, -0.2) is 37.0 Å². The van der Waals surface area contributed by atoms with Crippen molar-refractivity contribution in [3.8, 4) is 0 Å². The Balaban J connectivity index is 1.97. The van der Waals surface area contributed by atoms with Crippen LogP contribution in [0.2, 0.25) is 0 Å². The Hall–Kier alpha value is -0.570. The van der Waals surface area contributed by atoms with Crippen molar-refractivity contribution in [2.75, 3.05) is 26.2 Å². The van der Waals surface area contributed by atoms with Crippen LogP contribution in [0.1, 0.15) is 52.9 Å². The van der Waals surface area contributed by atoms with Gasteiger partial charge in [-0.1, -0.05) is 20.8 Å². The van der Waals surface area contributed by atoms with Crippen LogP contribution >= 0.6 is 0 Å². The molecule has 1 N–H and O–H groups in total. The maximum atomic E-state index is 12.7. The van der Waals surface area contributed by atoms with Crippen molar-refractivity contribution >= 4 is 5.91 Å². The van der Waals surface area contributed by atoms with Gasteiger partial charge in [0, 0.05) is 31.6 Å². The molecule has 3 nitrogen and oxygen atoms in total. The van der Waals surface area contributed by atoms with Gasteiger partial charge in [-0.15, -0.1) is 0 Å². The van der Waals surface area contributed by atoms with E-state index in [-0.39, 0.29) is 5.41 Å². The zero-order valence-corrected chi connectivity index (χ0v) is 12.2. The predicted octanol–water partition coefficient (Wildman–Crippen LogP) is 2.41. The molecule has 2 fully saturated rings. The quantitative estimate of drug-likeness (QED) is 0.833. The molecule has 3 heteroatoms. The maximum Gasteiger partial charge on any atom is 0.228 e. The summed E-state index contributed by atoms with van der Waals surface area (Å²) in [5.41, 5.74) is 0.437. The second-order valence-corrected chi connectivity index (χ2v) is 6.24. The second-order valence-electron chi connectivity index (χ2n) is 6.24. The standard InChI is InChI=1S/C15H28N2O/c1-4-15(5-2,6-3)13(18)17-9-7-14(8-10-17)11-16-12-14/h16H,4-12H2,1-3H3. The molecule has 0 radical (unpaired) electrons. The molecular weight excluding hydrogens is 224 g/mol. The average Bonchev–Trinajstić information content (AvgIpc) is 2.39. The third-order valence-electron chi connectivity index (χ3n) is 5.60. The van der Waals surface area contributed by atoms with Crippen molar-refractivity contribution in [1.29, 1.82) is 0 Å². The number of hydrogen-bond donors (Lipinski definition) is 1. The normalized spacial score (nSPS) is 22.9. The van der Waals surface area contributed by atoms with Crippen molar-refractivity contribution in [2.45, 2.75) is 52.9 Å². The number of carbonyl (C=O) groups is 1. The van der Waals surface area contributed by atoms with Gasteiger partial charge in [0.25, 0.3) is 0 Å². The molecule has 0 bridgehead atoms. The Morgan fingerprint density at radius 2 is 1.61 bits per heavy atom. The number of likely N-dealkylation sites (tertiary alicyclic amines) is 1. The van der Waals surface area contributed by atoms with Gasteiger partial charge in [0.05, 0.1) is 0 Å². The van der Waals surface area contributed by atoms with E-state index in [0.717, 1.165) is 45.4 Å². The van der Waals surface area contributed by atoms with Crippen LogP contribution in [0, 0.1) is 10.8 Å². The van der Waals surface area contributed by atoms with E-state index in [4.69, 9.17) is 0 Å². The van der Waals surface area contributed by atoms with E-state index in [1.165, 1.54) is 12.8 Å². The lowest BCUT2D eigenvalue weighted by atomic mass is 9.72. The van der Waals surface area contributed by atoms with Gasteiger partial charge >= 0.3 is 0 Å². The number of rotatable bonds is 4. The van der Waals surface area contributed by atoms with E-state index in [0.29, 0.717) is 11.3 Å². The highest BCUT2D eigenvalue weighted by molar-refractivity contribution is 5.82. The van der Waals surface area contributed by atoms with Crippen molar-refractivity contribution in [1.82, 2.24) is 10.2 Å². The Morgan fingerprint density at radius 3 is 1.94 bits per heavy atom. The first-order valence-electron chi connectivity index (χ1n) is 7.61. The van der Waals surface area contributed by atoms with Crippen molar-refractivity contribution in [3.05, 3.63) is 0 Å². The number of amides is 1. The minimum Gasteiger partial charge on any atom is -0.342 e. The lowest BCUT2D eigenvalue weighted by Gasteiger charge is -2.49. The lowest BCUT2D eigenvalue weighted by molar-refractivity contribution is -0.146. The molecule has 1 spiro atoms. The summed E-state index contributed by atoms with van der Waals surface area (Å²) in [5.74, 6) is 0.414. The minimum absolute atomic E-state index is 0.0949. The largest absolute Gasteiger partial charge is 0.342 e. The van der Waals surface area contributed by atoms with Gasteiger partial charge in [0.1, 0.15) is 0 Å². The molecular formula is C15H28N2O. The lowest BCUT2D eigenvalue weighted by Crippen LogP contribution is -2.59. The van der Waals surface area contributed by atoms with Crippen LogP contribution < -0.4 is 5.32 Å². The fraction of sp³-hybridized carbons (Fsp3) is 0.933. The average molecular weight is 252 g/mol. The van der Waals surface area contributed by atoms with Crippen LogP contribution in [0.15, 0.2) is 0 Å². The molecule has 18 heavy (non-hydrogen) atoms. The van der Waals surface area contributed by atoms with Gasteiger partial charge in [0.15, 0.2) is 0 Å². The zero-order chi connectivity index (χ0) is 13.2.